The average Bonchev–Trinajstić information content (AvgIpc) is 3.59. The van der Waals surface area contributed by atoms with Crippen molar-refractivity contribution in [3.05, 3.63) is 84.6 Å². The first-order chi connectivity index (χ1) is 20.9. The normalized spacial score (nSPS) is 18.6. The van der Waals surface area contributed by atoms with Crippen LogP contribution >= 0.6 is 0 Å². The number of hydrogen-bond acceptors (Lipinski definition) is 0. The SMILES string of the molecule is Cc1cc2c(cc1C(C)(C)C)=c1c(c(C3=CC=CC3)c(C)c(C(C)(C)C)c1=C(CC1CCCCC1)CC1CCCCC1)[C]=2[Zr+2].[Cl-].[Cl-]. The molecular weight excluding hydrogens is 679 g/mol. The summed E-state index contributed by atoms with van der Waals surface area (Å²) in [6, 6.07) is 5.22. The maximum atomic E-state index is 2.65. The maximum Gasteiger partial charge on any atom is -1.00 e. The molecule has 0 aromatic heterocycles. The van der Waals surface area contributed by atoms with Gasteiger partial charge in [-0.05, 0) is 0 Å². The molecule has 0 saturated heterocycles. The van der Waals surface area contributed by atoms with Crippen LogP contribution in [0.1, 0.15) is 158 Å². The van der Waals surface area contributed by atoms with Gasteiger partial charge >= 0.3 is 285 Å². The van der Waals surface area contributed by atoms with E-state index >= 15 is 0 Å². The van der Waals surface area contributed by atoms with E-state index in [1.54, 1.807) is 65.9 Å². The number of fused-ring (bicyclic) bond motifs is 2. The van der Waals surface area contributed by atoms with E-state index in [9.17, 15) is 0 Å². The summed E-state index contributed by atoms with van der Waals surface area (Å²) >= 11 is 1.55. The molecular formula is C43H57Cl2Zr. The second kappa shape index (κ2) is 14.9. The Morgan fingerprint density at radius 2 is 1.30 bits per heavy atom. The Kier molecular flexibility index (Phi) is 12.3. The van der Waals surface area contributed by atoms with Crippen molar-refractivity contribution >= 4 is 14.4 Å². The second-order valence-electron chi connectivity index (χ2n) is 16.9. The molecule has 4 aliphatic carbocycles. The molecule has 2 fully saturated rings. The van der Waals surface area contributed by atoms with Crippen molar-refractivity contribution in [1.82, 2.24) is 0 Å². The Bertz CT molecular complexity index is 1710. The molecule has 0 atom stereocenters. The summed E-state index contributed by atoms with van der Waals surface area (Å²) in [7, 11) is 0. The molecule has 0 amide bonds. The van der Waals surface area contributed by atoms with Crippen LogP contribution < -0.4 is 35.3 Å². The smallest absolute Gasteiger partial charge is 1.00 e. The minimum Gasteiger partial charge on any atom is -1.00 e. The number of aryl methyl sites for hydroxylation is 1. The Balaban J connectivity index is 0.00000240. The van der Waals surface area contributed by atoms with Gasteiger partial charge in [0.25, 0.3) is 0 Å². The first-order valence-corrected chi connectivity index (χ1v) is 19.3. The van der Waals surface area contributed by atoms with Gasteiger partial charge in [0.05, 0.1) is 0 Å². The van der Waals surface area contributed by atoms with E-state index in [1.165, 1.54) is 99.0 Å². The summed E-state index contributed by atoms with van der Waals surface area (Å²) in [5.74, 6) is 1.71. The standard InChI is InChI=1S/C43H57.2ClH.Zr/c1-28-23-33-26-36-38(32-21-15-16-22-32)29(2)41(43(6,7)8)39(40(36)35(33)27-37(28)42(3,4)5)34(24-30-17-11-9-12-18-30)25-31-19-13-10-14-20-31;;;/h15-16,21,23,27,30-31H,9-14,17-20,22,24-25H2,1-8H3;2*1H;/q;;;+2/p-2. The van der Waals surface area contributed by atoms with E-state index in [2.05, 4.69) is 85.8 Å². The van der Waals surface area contributed by atoms with E-state index in [0.29, 0.717) is 0 Å². The first kappa shape index (κ1) is 37.9. The zero-order valence-electron chi connectivity index (χ0n) is 30.0. The summed E-state index contributed by atoms with van der Waals surface area (Å²) in [5, 5.41) is 6.38. The molecule has 0 aliphatic heterocycles. The molecule has 0 N–H and O–H groups in total. The van der Waals surface area contributed by atoms with Gasteiger partial charge in [-0.25, -0.2) is 0 Å². The maximum absolute atomic E-state index is 2.65. The average molecular weight is 736 g/mol. The van der Waals surface area contributed by atoms with E-state index in [-0.39, 0.29) is 35.6 Å². The summed E-state index contributed by atoms with van der Waals surface area (Å²) in [5.41, 5.74) is 12.9. The molecule has 3 heteroatoms. The van der Waals surface area contributed by atoms with Crippen molar-refractivity contribution in [3.63, 3.8) is 0 Å². The number of halogens is 2. The number of hydrogen-bond donors (Lipinski definition) is 0. The molecule has 0 radical (unpaired) electrons. The molecule has 2 aromatic carbocycles. The van der Waals surface area contributed by atoms with Crippen LogP contribution in [0.4, 0.5) is 0 Å². The fraction of sp³-hybridized carbons (Fsp3) is 0.581. The molecule has 2 saturated carbocycles. The largest absolute Gasteiger partial charge is 1.00 e. The number of allylic oxidation sites excluding steroid dienone is 4. The molecule has 0 nitrogen and oxygen atoms in total. The zero-order valence-corrected chi connectivity index (χ0v) is 34.0. The van der Waals surface area contributed by atoms with Crippen molar-refractivity contribution in [1.29, 1.82) is 0 Å². The van der Waals surface area contributed by atoms with Gasteiger partial charge in [0.1, 0.15) is 0 Å². The van der Waals surface area contributed by atoms with Gasteiger partial charge in [0.15, 0.2) is 0 Å². The molecule has 0 spiro atoms. The van der Waals surface area contributed by atoms with Crippen molar-refractivity contribution in [2.45, 2.75) is 150 Å². The topological polar surface area (TPSA) is 0 Å². The fourth-order valence-corrected chi connectivity index (χ4v) is 10.7. The molecule has 0 bridgehead atoms. The summed E-state index contributed by atoms with van der Waals surface area (Å²) in [6.45, 7) is 19.6. The van der Waals surface area contributed by atoms with Gasteiger partial charge in [0, 0.05) is 0 Å². The van der Waals surface area contributed by atoms with Crippen LogP contribution in [0.2, 0.25) is 0 Å². The van der Waals surface area contributed by atoms with Gasteiger partial charge in [-0.2, -0.15) is 0 Å². The third kappa shape index (κ3) is 7.34. The van der Waals surface area contributed by atoms with E-state index in [1.807, 2.05) is 5.57 Å². The van der Waals surface area contributed by atoms with E-state index < -0.39 is 0 Å². The van der Waals surface area contributed by atoms with Gasteiger partial charge in [0.2, 0.25) is 0 Å². The molecule has 0 heterocycles. The van der Waals surface area contributed by atoms with Crippen LogP contribution in [-0.2, 0) is 35.5 Å². The predicted molar refractivity (Wildman–Crippen MR) is 187 cm³/mol. The van der Waals surface area contributed by atoms with Crippen molar-refractivity contribution in [3.8, 4) is 0 Å². The van der Waals surface area contributed by atoms with Crippen LogP contribution in [0.25, 0.3) is 14.4 Å². The van der Waals surface area contributed by atoms with Gasteiger partial charge in [-0.3, -0.25) is 0 Å². The Morgan fingerprint density at radius 3 is 1.78 bits per heavy atom. The monoisotopic (exact) mass is 733 g/mol. The summed E-state index contributed by atoms with van der Waals surface area (Å²) in [6.07, 6.45) is 25.1. The molecule has 0 unspecified atom stereocenters. The third-order valence-electron chi connectivity index (χ3n) is 11.4. The second-order valence-corrected chi connectivity index (χ2v) is 18.2. The van der Waals surface area contributed by atoms with Gasteiger partial charge in [-0.15, -0.1) is 0 Å². The summed E-state index contributed by atoms with van der Waals surface area (Å²) < 4.78 is 1.59. The summed E-state index contributed by atoms with van der Waals surface area (Å²) in [4.78, 5) is 0. The molecule has 46 heavy (non-hydrogen) atoms. The van der Waals surface area contributed by atoms with E-state index in [4.69, 9.17) is 0 Å². The van der Waals surface area contributed by atoms with Crippen LogP contribution in [-0.4, -0.2) is 0 Å². The molecule has 4 aliphatic rings. The Hall–Kier alpha value is -0.877. The number of rotatable bonds is 5. The van der Waals surface area contributed by atoms with Crippen molar-refractivity contribution in [2.75, 3.05) is 0 Å². The molecule has 6 rings (SSSR count). The van der Waals surface area contributed by atoms with Gasteiger partial charge in [-0.1, -0.05) is 0 Å². The Morgan fingerprint density at radius 1 is 0.739 bits per heavy atom. The molecule has 247 valence electrons. The van der Waals surface area contributed by atoms with Crippen molar-refractivity contribution < 1.29 is 49.5 Å². The first-order valence-electron chi connectivity index (χ1n) is 18.0. The zero-order chi connectivity index (χ0) is 31.4. The predicted octanol–water partition coefficient (Wildman–Crippen LogP) is 4.64. The minimum atomic E-state index is 0. The molecule has 2 aromatic rings. The fourth-order valence-electron chi connectivity index (χ4n) is 9.55. The van der Waals surface area contributed by atoms with Crippen LogP contribution in [0, 0.1) is 36.1 Å². The van der Waals surface area contributed by atoms with E-state index in [0.717, 1.165) is 18.3 Å². The van der Waals surface area contributed by atoms with Crippen molar-refractivity contribution in [2.24, 2.45) is 11.8 Å². The number of benzene rings is 2. The van der Waals surface area contributed by atoms with Gasteiger partial charge < -0.3 is 24.8 Å². The van der Waals surface area contributed by atoms with Crippen LogP contribution in [0.15, 0.2) is 30.4 Å². The Labute approximate surface area is 308 Å². The third-order valence-corrected chi connectivity index (χ3v) is 12.7. The quantitative estimate of drug-likeness (QED) is 0.420. The van der Waals surface area contributed by atoms with Crippen LogP contribution in [0.3, 0.4) is 0 Å². The minimum absolute atomic E-state index is 0. The van der Waals surface area contributed by atoms with Crippen LogP contribution in [0.5, 0.6) is 0 Å².